The first-order valence-corrected chi connectivity index (χ1v) is 4.16. The molecule has 0 radical (unpaired) electrons. The fraction of sp³-hybridized carbons (Fsp3) is 0.300. The first kappa shape index (κ1) is 10.5. The Bertz CT molecular complexity index is 374. The Labute approximate surface area is 80.8 Å². The van der Waals surface area contributed by atoms with Crippen molar-refractivity contribution in [1.82, 2.24) is 0 Å². The quantitative estimate of drug-likeness (QED) is 0.764. The summed E-state index contributed by atoms with van der Waals surface area (Å²) in [6, 6.07) is 2.28. The molecule has 1 aromatic carbocycles. The summed E-state index contributed by atoms with van der Waals surface area (Å²) in [5, 5.41) is 18.1. The van der Waals surface area contributed by atoms with Crippen LogP contribution in [0.2, 0.25) is 0 Å². The maximum absolute atomic E-state index is 13.1. The highest BCUT2D eigenvalue weighted by Crippen LogP contribution is 2.30. The fourth-order valence-corrected chi connectivity index (χ4v) is 1.36. The molecule has 0 aromatic heterocycles. The van der Waals surface area contributed by atoms with Gasteiger partial charge in [-0.15, -0.1) is 0 Å². The second-order valence-electron chi connectivity index (χ2n) is 3.17. The van der Waals surface area contributed by atoms with Gasteiger partial charge in [-0.2, -0.15) is 0 Å². The van der Waals surface area contributed by atoms with Crippen LogP contribution in [0.25, 0.3) is 0 Å². The molecule has 0 amide bonds. The largest absolute Gasteiger partial charge is 0.508 e. The Morgan fingerprint density at radius 3 is 2.57 bits per heavy atom. The van der Waals surface area contributed by atoms with E-state index >= 15 is 0 Å². The van der Waals surface area contributed by atoms with Crippen molar-refractivity contribution in [1.29, 1.82) is 0 Å². The SMILES string of the molecule is Cc1c(F)ccc(O)c1C(C)C(=O)O. The normalized spacial score (nSPS) is 12.5. The van der Waals surface area contributed by atoms with Crippen molar-refractivity contribution in [2.24, 2.45) is 0 Å². The zero-order valence-corrected chi connectivity index (χ0v) is 7.91. The van der Waals surface area contributed by atoms with Crippen LogP contribution in [0.4, 0.5) is 4.39 Å². The highest BCUT2D eigenvalue weighted by molar-refractivity contribution is 5.77. The summed E-state index contributed by atoms with van der Waals surface area (Å²) in [5.74, 6) is -2.69. The third-order valence-corrected chi connectivity index (χ3v) is 2.23. The first-order chi connectivity index (χ1) is 6.45. The van der Waals surface area contributed by atoms with E-state index in [1.807, 2.05) is 0 Å². The molecule has 2 N–H and O–H groups in total. The number of carbonyl (C=O) groups is 1. The van der Waals surface area contributed by atoms with Gasteiger partial charge >= 0.3 is 5.97 Å². The predicted octanol–water partition coefficient (Wildman–Crippen LogP) is 2.03. The monoisotopic (exact) mass is 198 g/mol. The Hall–Kier alpha value is -1.58. The Kier molecular flexibility index (Phi) is 2.74. The van der Waals surface area contributed by atoms with Gasteiger partial charge in [-0.1, -0.05) is 0 Å². The molecule has 4 heteroatoms. The summed E-state index contributed by atoms with van der Waals surface area (Å²) in [4.78, 5) is 10.7. The Balaban J connectivity index is 3.32. The number of carboxylic acids is 1. The molecular weight excluding hydrogens is 187 g/mol. The lowest BCUT2D eigenvalue weighted by Gasteiger charge is -2.12. The molecule has 0 aliphatic rings. The van der Waals surface area contributed by atoms with E-state index in [0.717, 1.165) is 12.1 Å². The van der Waals surface area contributed by atoms with Gasteiger partial charge in [0.05, 0.1) is 5.92 Å². The van der Waals surface area contributed by atoms with Crippen LogP contribution in [0, 0.1) is 12.7 Å². The highest BCUT2D eigenvalue weighted by atomic mass is 19.1. The average molecular weight is 198 g/mol. The van der Waals surface area contributed by atoms with Gasteiger partial charge in [0.1, 0.15) is 11.6 Å². The molecule has 0 aliphatic carbocycles. The second-order valence-corrected chi connectivity index (χ2v) is 3.17. The lowest BCUT2D eigenvalue weighted by molar-refractivity contribution is -0.138. The van der Waals surface area contributed by atoms with E-state index in [1.54, 1.807) is 0 Å². The topological polar surface area (TPSA) is 57.5 Å². The molecular formula is C10H11FO3. The molecule has 0 saturated carbocycles. The van der Waals surface area contributed by atoms with Crippen LogP contribution in [-0.4, -0.2) is 16.2 Å². The number of hydrogen-bond donors (Lipinski definition) is 2. The third kappa shape index (κ3) is 1.69. The van der Waals surface area contributed by atoms with Crippen LogP contribution >= 0.6 is 0 Å². The zero-order valence-electron chi connectivity index (χ0n) is 7.91. The van der Waals surface area contributed by atoms with E-state index in [0.29, 0.717) is 0 Å². The Morgan fingerprint density at radius 2 is 2.07 bits per heavy atom. The fourth-order valence-electron chi connectivity index (χ4n) is 1.36. The molecule has 0 heterocycles. The first-order valence-electron chi connectivity index (χ1n) is 4.16. The number of hydrogen-bond acceptors (Lipinski definition) is 2. The van der Waals surface area contributed by atoms with Crippen LogP contribution in [-0.2, 0) is 4.79 Å². The van der Waals surface area contributed by atoms with E-state index in [-0.39, 0.29) is 16.9 Å². The van der Waals surface area contributed by atoms with E-state index in [1.165, 1.54) is 13.8 Å². The molecule has 1 atom stereocenters. The summed E-state index contributed by atoms with van der Waals surface area (Å²) < 4.78 is 13.1. The van der Waals surface area contributed by atoms with Crippen molar-refractivity contribution in [2.45, 2.75) is 19.8 Å². The zero-order chi connectivity index (χ0) is 10.9. The van der Waals surface area contributed by atoms with Gasteiger partial charge in [0.2, 0.25) is 0 Å². The van der Waals surface area contributed by atoms with Crippen LogP contribution in [0.15, 0.2) is 12.1 Å². The second kappa shape index (κ2) is 3.65. The molecule has 76 valence electrons. The van der Waals surface area contributed by atoms with E-state index in [2.05, 4.69) is 0 Å². The van der Waals surface area contributed by atoms with Gasteiger partial charge in [0.25, 0.3) is 0 Å². The minimum atomic E-state index is -1.09. The maximum atomic E-state index is 13.1. The molecule has 0 bridgehead atoms. The van der Waals surface area contributed by atoms with E-state index in [4.69, 9.17) is 5.11 Å². The van der Waals surface area contributed by atoms with Crippen molar-refractivity contribution in [3.05, 3.63) is 29.1 Å². The average Bonchev–Trinajstić information content (AvgIpc) is 2.12. The minimum absolute atomic E-state index is 0.137. The lowest BCUT2D eigenvalue weighted by atomic mass is 9.95. The molecule has 1 rings (SSSR count). The summed E-state index contributed by atoms with van der Waals surface area (Å²) >= 11 is 0. The lowest BCUT2D eigenvalue weighted by Crippen LogP contribution is -2.10. The molecule has 0 saturated heterocycles. The maximum Gasteiger partial charge on any atom is 0.310 e. The number of carboxylic acid groups (broad SMARTS) is 1. The van der Waals surface area contributed by atoms with E-state index < -0.39 is 17.7 Å². The van der Waals surface area contributed by atoms with E-state index in [9.17, 15) is 14.3 Å². The van der Waals surface area contributed by atoms with Crippen molar-refractivity contribution in [3.63, 3.8) is 0 Å². The highest BCUT2D eigenvalue weighted by Gasteiger charge is 2.21. The van der Waals surface area contributed by atoms with Gasteiger partial charge in [-0.3, -0.25) is 4.79 Å². The molecule has 3 nitrogen and oxygen atoms in total. The van der Waals surface area contributed by atoms with Crippen molar-refractivity contribution in [2.75, 3.05) is 0 Å². The van der Waals surface area contributed by atoms with Crippen LogP contribution < -0.4 is 0 Å². The number of aromatic hydroxyl groups is 1. The number of aliphatic carboxylic acids is 1. The molecule has 14 heavy (non-hydrogen) atoms. The van der Waals surface area contributed by atoms with Gasteiger partial charge < -0.3 is 10.2 Å². The van der Waals surface area contributed by atoms with Gasteiger partial charge in [0.15, 0.2) is 0 Å². The van der Waals surface area contributed by atoms with Crippen molar-refractivity contribution in [3.8, 4) is 5.75 Å². The van der Waals surface area contributed by atoms with Gasteiger partial charge in [-0.05, 0) is 31.5 Å². The minimum Gasteiger partial charge on any atom is -0.508 e. The van der Waals surface area contributed by atoms with Crippen LogP contribution in [0.1, 0.15) is 24.0 Å². The standard InChI is InChI=1S/C10H11FO3/c1-5-7(11)3-4-8(12)9(5)6(2)10(13)14/h3-4,6,12H,1-2H3,(H,13,14). The predicted molar refractivity (Wildman–Crippen MR) is 48.9 cm³/mol. The van der Waals surface area contributed by atoms with Crippen LogP contribution in [0.3, 0.4) is 0 Å². The summed E-state index contributed by atoms with van der Waals surface area (Å²) in [6.45, 7) is 2.85. The number of halogens is 1. The molecule has 0 spiro atoms. The number of benzene rings is 1. The molecule has 1 unspecified atom stereocenters. The Morgan fingerprint density at radius 1 is 1.50 bits per heavy atom. The molecule has 0 aliphatic heterocycles. The number of rotatable bonds is 2. The van der Waals surface area contributed by atoms with Crippen molar-refractivity contribution >= 4 is 5.97 Å². The number of phenols is 1. The van der Waals surface area contributed by atoms with Crippen molar-refractivity contribution < 1.29 is 19.4 Å². The summed E-state index contributed by atoms with van der Waals surface area (Å²) in [5.41, 5.74) is 0.317. The summed E-state index contributed by atoms with van der Waals surface area (Å²) in [7, 11) is 0. The molecule has 0 fully saturated rings. The van der Waals surface area contributed by atoms with Gasteiger partial charge in [0, 0.05) is 5.56 Å². The van der Waals surface area contributed by atoms with Gasteiger partial charge in [-0.25, -0.2) is 4.39 Å². The third-order valence-electron chi connectivity index (χ3n) is 2.23. The molecule has 1 aromatic rings. The number of phenolic OH excluding ortho intramolecular Hbond substituents is 1. The summed E-state index contributed by atoms with van der Waals surface area (Å²) in [6.07, 6.45) is 0. The van der Waals surface area contributed by atoms with Crippen LogP contribution in [0.5, 0.6) is 5.75 Å². The smallest absolute Gasteiger partial charge is 0.310 e.